The van der Waals surface area contributed by atoms with Gasteiger partial charge in [-0.05, 0) is 82.2 Å². The number of anilines is 2. The molecule has 0 spiro atoms. The maximum Gasteiger partial charge on any atom is 0.309 e. The van der Waals surface area contributed by atoms with E-state index in [0.29, 0.717) is 67.9 Å². The number of carboxylic acids is 2. The van der Waals surface area contributed by atoms with E-state index in [0.717, 1.165) is 24.5 Å². The number of nitrogens with zero attached hydrogens (tertiary/aromatic N) is 6. The molecule has 12 nitrogen and oxygen atoms in total. The number of aliphatic carboxylic acids is 2. The molecule has 4 aromatic heterocycles. The highest BCUT2D eigenvalue weighted by atomic mass is 79.9. The van der Waals surface area contributed by atoms with E-state index in [9.17, 15) is 19.8 Å². The number of aromatic nitrogens is 6. The van der Waals surface area contributed by atoms with Gasteiger partial charge < -0.3 is 21.7 Å². The van der Waals surface area contributed by atoms with Crippen LogP contribution in [0.2, 0.25) is 10.3 Å². The minimum Gasteiger partial charge on any atom is -0.481 e. The molecule has 4 aromatic rings. The van der Waals surface area contributed by atoms with Gasteiger partial charge in [0, 0.05) is 11.8 Å². The van der Waals surface area contributed by atoms with Crippen LogP contribution in [0.3, 0.4) is 0 Å². The Kier molecular flexibility index (Phi) is 9.59. The zero-order valence-corrected chi connectivity index (χ0v) is 30.5. The zero-order valence-electron chi connectivity index (χ0n) is 25.8. The van der Waals surface area contributed by atoms with Crippen LogP contribution in [0, 0.1) is 22.7 Å². The molecule has 0 amide bonds. The summed E-state index contributed by atoms with van der Waals surface area (Å²) in [6.45, 7) is 7.85. The number of hydrogen-bond donors (Lipinski definition) is 4. The molecule has 6 rings (SSSR count). The van der Waals surface area contributed by atoms with Gasteiger partial charge in [0.15, 0.2) is 11.6 Å². The monoisotopic (exact) mass is 800 g/mol. The van der Waals surface area contributed by atoms with Crippen molar-refractivity contribution in [2.45, 2.75) is 78.1 Å². The van der Waals surface area contributed by atoms with Crippen molar-refractivity contribution in [3.8, 4) is 0 Å². The normalized spacial score (nSPS) is 24.7. The number of carbonyl (C=O) groups is 2. The summed E-state index contributed by atoms with van der Waals surface area (Å²) >= 11 is 19.4. The lowest BCUT2D eigenvalue weighted by atomic mass is 9.75. The Labute approximate surface area is 292 Å². The van der Waals surface area contributed by atoms with Crippen molar-refractivity contribution in [1.82, 2.24) is 28.7 Å². The molecule has 2 aliphatic carbocycles. The van der Waals surface area contributed by atoms with E-state index in [2.05, 4.69) is 51.8 Å². The van der Waals surface area contributed by atoms with Crippen LogP contribution >= 0.6 is 55.1 Å². The van der Waals surface area contributed by atoms with Crippen molar-refractivity contribution in [3.05, 3.63) is 43.6 Å². The first kappa shape index (κ1) is 34.6. The van der Waals surface area contributed by atoms with Crippen LogP contribution in [0.5, 0.6) is 0 Å². The van der Waals surface area contributed by atoms with E-state index in [1.807, 2.05) is 27.7 Å². The predicted molar refractivity (Wildman–Crippen MR) is 183 cm³/mol. The summed E-state index contributed by atoms with van der Waals surface area (Å²) in [5.74, 6) is 0.855. The van der Waals surface area contributed by atoms with Crippen molar-refractivity contribution in [3.63, 3.8) is 0 Å². The first-order valence-corrected chi connectivity index (χ1v) is 17.3. The standard InChI is InChI=1S/2C15H18BrClN4O2/c2*1-7(2)15(14(22)23)4-3-8(5-15)13-20-11(16)10-12(18)19-6-9(17)21(10)13/h2*6-8H,3-5H2,1-2H3,(H2,18,19)(H,22,23)/t2*8-,15-/m10/s1. The highest BCUT2D eigenvalue weighted by Gasteiger charge is 2.50. The zero-order chi connectivity index (χ0) is 33.9. The fourth-order valence-corrected chi connectivity index (χ4v) is 8.81. The number of carboxylic acid groups (broad SMARTS) is 2. The first-order valence-electron chi connectivity index (χ1n) is 15.0. The van der Waals surface area contributed by atoms with Gasteiger partial charge in [-0.3, -0.25) is 18.4 Å². The van der Waals surface area contributed by atoms with Crippen LogP contribution in [0.25, 0.3) is 11.0 Å². The fraction of sp³-hybridized carbons (Fsp3) is 0.533. The summed E-state index contributed by atoms with van der Waals surface area (Å²) in [4.78, 5) is 40.9. The first-order chi connectivity index (χ1) is 21.6. The molecule has 0 unspecified atom stereocenters. The molecular weight excluding hydrogens is 767 g/mol. The van der Waals surface area contributed by atoms with E-state index >= 15 is 0 Å². The van der Waals surface area contributed by atoms with Gasteiger partial charge in [0.05, 0.1) is 23.2 Å². The second kappa shape index (κ2) is 12.7. The van der Waals surface area contributed by atoms with Crippen LogP contribution in [-0.4, -0.2) is 50.9 Å². The van der Waals surface area contributed by atoms with Gasteiger partial charge in [-0.2, -0.15) is 0 Å². The average molecular weight is 803 g/mol. The van der Waals surface area contributed by atoms with Gasteiger partial charge in [-0.15, -0.1) is 0 Å². The lowest BCUT2D eigenvalue weighted by Crippen LogP contribution is -2.33. The van der Waals surface area contributed by atoms with Gasteiger partial charge >= 0.3 is 11.9 Å². The lowest BCUT2D eigenvalue weighted by Gasteiger charge is -2.28. The topological polar surface area (TPSA) is 187 Å². The molecule has 4 heterocycles. The van der Waals surface area contributed by atoms with E-state index in [1.165, 1.54) is 12.4 Å². The van der Waals surface area contributed by atoms with E-state index < -0.39 is 22.8 Å². The molecule has 248 valence electrons. The van der Waals surface area contributed by atoms with Crippen LogP contribution in [0.15, 0.2) is 21.6 Å². The number of rotatable bonds is 6. The van der Waals surface area contributed by atoms with Crippen molar-refractivity contribution in [1.29, 1.82) is 0 Å². The molecule has 46 heavy (non-hydrogen) atoms. The average Bonchev–Trinajstić information content (AvgIpc) is 3.77. The number of nitrogen functional groups attached to an aromatic ring is 2. The van der Waals surface area contributed by atoms with Crippen molar-refractivity contribution in [2.75, 3.05) is 11.5 Å². The molecule has 2 saturated carbocycles. The minimum absolute atomic E-state index is 0.0200. The fourth-order valence-electron chi connectivity index (χ4n) is 7.25. The largest absolute Gasteiger partial charge is 0.481 e. The number of imidazole rings is 2. The second-order valence-corrected chi connectivity index (χ2v) is 15.2. The Hall–Kier alpha value is -2.68. The van der Waals surface area contributed by atoms with Crippen LogP contribution in [0.1, 0.15) is 89.7 Å². The molecule has 0 saturated heterocycles. The van der Waals surface area contributed by atoms with Gasteiger partial charge in [0.25, 0.3) is 0 Å². The molecule has 0 aliphatic heterocycles. The molecule has 2 aliphatic rings. The third-order valence-corrected chi connectivity index (χ3v) is 11.8. The summed E-state index contributed by atoms with van der Waals surface area (Å²) in [6.07, 6.45) is 6.86. The highest BCUT2D eigenvalue weighted by Crippen LogP contribution is 2.53. The van der Waals surface area contributed by atoms with E-state index in [4.69, 9.17) is 34.7 Å². The molecule has 0 aromatic carbocycles. The summed E-state index contributed by atoms with van der Waals surface area (Å²) in [7, 11) is 0. The molecule has 0 radical (unpaired) electrons. The Bertz CT molecular complexity index is 1710. The number of halogens is 4. The Balaban J connectivity index is 0.000000181. The summed E-state index contributed by atoms with van der Waals surface area (Å²) in [6, 6.07) is 0. The van der Waals surface area contributed by atoms with Crippen molar-refractivity contribution in [2.24, 2.45) is 22.7 Å². The van der Waals surface area contributed by atoms with Gasteiger partial charge in [0.1, 0.15) is 42.2 Å². The molecule has 6 N–H and O–H groups in total. The SMILES string of the molecule is CC(C)[C@@]1(C(=O)O)CC[C@@H](c2nc(Br)c3c(N)ncc(Cl)n23)C1.CC(C)[C@]1(C(=O)O)CC[C@H](c2nc(Br)c3c(N)ncc(Cl)n23)C1. The maximum absolute atomic E-state index is 11.8. The second-order valence-electron chi connectivity index (χ2n) is 12.9. The van der Waals surface area contributed by atoms with Gasteiger partial charge in [-0.1, -0.05) is 50.9 Å². The summed E-state index contributed by atoms with van der Waals surface area (Å²) in [5.41, 5.74) is 11.7. The number of fused-ring (bicyclic) bond motifs is 2. The predicted octanol–water partition coefficient (Wildman–Crippen LogP) is 7.44. The third-order valence-electron chi connectivity index (χ3n) is 10.1. The van der Waals surface area contributed by atoms with Gasteiger partial charge in [0.2, 0.25) is 0 Å². The van der Waals surface area contributed by atoms with Crippen LogP contribution < -0.4 is 11.5 Å². The Morgan fingerprint density at radius 1 is 0.804 bits per heavy atom. The molecular formula is C30H36Br2Cl2N8O4. The smallest absolute Gasteiger partial charge is 0.309 e. The Morgan fingerprint density at radius 3 is 1.43 bits per heavy atom. The molecule has 16 heteroatoms. The van der Waals surface area contributed by atoms with Crippen molar-refractivity contribution >= 4 is 89.7 Å². The van der Waals surface area contributed by atoms with E-state index in [-0.39, 0.29) is 23.7 Å². The van der Waals surface area contributed by atoms with Crippen LogP contribution in [0.4, 0.5) is 11.6 Å². The highest BCUT2D eigenvalue weighted by molar-refractivity contribution is 9.10. The van der Waals surface area contributed by atoms with Gasteiger partial charge in [-0.25, -0.2) is 19.9 Å². The molecule has 4 atom stereocenters. The maximum atomic E-state index is 11.8. The quantitative estimate of drug-likeness (QED) is 0.153. The minimum atomic E-state index is -0.734. The lowest BCUT2D eigenvalue weighted by molar-refractivity contribution is -0.152. The summed E-state index contributed by atoms with van der Waals surface area (Å²) < 4.78 is 4.71. The number of hydrogen-bond acceptors (Lipinski definition) is 8. The summed E-state index contributed by atoms with van der Waals surface area (Å²) in [5, 5.41) is 20.3. The van der Waals surface area contributed by atoms with Crippen molar-refractivity contribution < 1.29 is 19.8 Å². The molecule has 0 bridgehead atoms. The third kappa shape index (κ3) is 5.62. The Morgan fingerprint density at radius 2 is 1.15 bits per heavy atom. The number of nitrogens with two attached hydrogens (primary N) is 2. The van der Waals surface area contributed by atoms with E-state index in [1.54, 1.807) is 8.80 Å². The van der Waals surface area contributed by atoms with Crippen LogP contribution in [-0.2, 0) is 9.59 Å². The molecule has 2 fully saturated rings.